The molecule has 97 valence electrons. The van der Waals surface area contributed by atoms with Gasteiger partial charge in [0.25, 0.3) is 0 Å². The zero-order valence-electron chi connectivity index (χ0n) is 9.83. The standard InChI is InChI=1S/C14H10N3O.Ir/c1-2-4-12-10(3-1)11-5-6-16-14(13(11)18-12)17-8-7-15-9-17;/h1-9,15H;/q-1;. The van der Waals surface area contributed by atoms with Gasteiger partial charge >= 0.3 is 0 Å². The van der Waals surface area contributed by atoms with E-state index in [1.807, 2.05) is 48.2 Å². The van der Waals surface area contributed by atoms with Crippen LogP contribution in [0.25, 0.3) is 21.9 Å². The van der Waals surface area contributed by atoms with Crippen LogP contribution in [0.3, 0.4) is 0 Å². The Balaban J connectivity index is 0.00000110. The van der Waals surface area contributed by atoms with E-state index in [1.54, 1.807) is 6.20 Å². The van der Waals surface area contributed by atoms with E-state index in [0.717, 1.165) is 27.8 Å². The quantitative estimate of drug-likeness (QED) is 0.605. The molecule has 0 atom stereocenters. The third-order valence-electron chi connectivity index (χ3n) is 3.06. The molecule has 3 heterocycles. The molecular formula is C14H10IrN3O-. The van der Waals surface area contributed by atoms with Gasteiger partial charge in [0, 0.05) is 37.1 Å². The van der Waals surface area contributed by atoms with E-state index in [4.69, 9.17) is 4.42 Å². The van der Waals surface area contributed by atoms with E-state index in [0.29, 0.717) is 0 Å². The summed E-state index contributed by atoms with van der Waals surface area (Å²) < 4.78 is 5.91. The number of pyridine rings is 1. The topological polar surface area (TPSA) is 41.3 Å². The van der Waals surface area contributed by atoms with Crippen molar-refractivity contribution in [2.75, 3.05) is 4.90 Å². The summed E-state index contributed by atoms with van der Waals surface area (Å²) in [7, 11) is 0. The second-order valence-corrected chi connectivity index (χ2v) is 4.13. The van der Waals surface area contributed by atoms with Crippen LogP contribution < -0.4 is 10.2 Å². The molecule has 1 aliphatic rings. The molecule has 1 aromatic carbocycles. The molecule has 0 bridgehead atoms. The fourth-order valence-electron chi connectivity index (χ4n) is 2.24. The van der Waals surface area contributed by atoms with Crippen LogP contribution in [0.4, 0.5) is 5.82 Å². The molecule has 4 rings (SSSR count). The van der Waals surface area contributed by atoms with Crippen molar-refractivity contribution >= 4 is 27.8 Å². The molecule has 0 spiro atoms. The molecule has 0 saturated carbocycles. The fraction of sp³-hybridized carbons (Fsp3) is 0. The molecule has 1 radical (unpaired) electrons. The maximum atomic E-state index is 5.91. The van der Waals surface area contributed by atoms with Gasteiger partial charge in [-0.2, -0.15) is 6.67 Å². The first-order valence-corrected chi connectivity index (χ1v) is 5.74. The van der Waals surface area contributed by atoms with Gasteiger partial charge in [-0.3, -0.25) is 0 Å². The van der Waals surface area contributed by atoms with Crippen molar-refractivity contribution in [3.05, 3.63) is 55.6 Å². The van der Waals surface area contributed by atoms with Gasteiger partial charge in [0.15, 0.2) is 5.58 Å². The maximum Gasteiger partial charge on any atom is 0.175 e. The molecule has 0 aliphatic carbocycles. The van der Waals surface area contributed by atoms with Crippen LogP contribution in [0, 0.1) is 6.67 Å². The summed E-state index contributed by atoms with van der Waals surface area (Å²) in [6.45, 7) is 1.84. The predicted octanol–water partition coefficient (Wildman–Crippen LogP) is 2.98. The van der Waals surface area contributed by atoms with E-state index >= 15 is 0 Å². The van der Waals surface area contributed by atoms with Crippen LogP contribution in [0.1, 0.15) is 0 Å². The van der Waals surface area contributed by atoms with Crippen molar-refractivity contribution in [1.82, 2.24) is 10.3 Å². The van der Waals surface area contributed by atoms with Crippen molar-refractivity contribution in [1.29, 1.82) is 0 Å². The van der Waals surface area contributed by atoms with Gasteiger partial charge in [-0.05, 0) is 24.5 Å². The third-order valence-corrected chi connectivity index (χ3v) is 3.06. The Labute approximate surface area is 123 Å². The number of nitrogens with zero attached hydrogens (tertiary/aromatic N) is 2. The number of aromatic nitrogens is 1. The fourth-order valence-corrected chi connectivity index (χ4v) is 2.24. The molecule has 5 heteroatoms. The van der Waals surface area contributed by atoms with E-state index in [2.05, 4.69) is 16.4 Å². The minimum Gasteiger partial charge on any atom is -0.521 e. The maximum absolute atomic E-state index is 5.91. The number of benzene rings is 1. The first kappa shape index (κ1) is 12.2. The molecule has 2 aromatic heterocycles. The largest absolute Gasteiger partial charge is 0.521 e. The Morgan fingerprint density at radius 3 is 2.89 bits per heavy atom. The summed E-state index contributed by atoms with van der Waals surface area (Å²) in [5.41, 5.74) is 1.70. The second kappa shape index (κ2) is 4.68. The smallest absolute Gasteiger partial charge is 0.175 e. The first-order chi connectivity index (χ1) is 8.93. The summed E-state index contributed by atoms with van der Waals surface area (Å²) in [6.07, 6.45) is 5.57. The van der Waals surface area contributed by atoms with Gasteiger partial charge in [0.2, 0.25) is 0 Å². The van der Waals surface area contributed by atoms with Crippen molar-refractivity contribution in [2.45, 2.75) is 0 Å². The number of hydrogen-bond acceptors (Lipinski definition) is 4. The molecular weight excluding hydrogens is 418 g/mol. The molecule has 0 amide bonds. The predicted molar refractivity (Wildman–Crippen MR) is 70.6 cm³/mol. The summed E-state index contributed by atoms with van der Waals surface area (Å²) in [6, 6.07) is 10.0. The van der Waals surface area contributed by atoms with Gasteiger partial charge in [0.05, 0.1) is 0 Å². The zero-order valence-corrected chi connectivity index (χ0v) is 12.2. The molecule has 0 fully saturated rings. The van der Waals surface area contributed by atoms with E-state index in [9.17, 15) is 0 Å². The first-order valence-electron chi connectivity index (χ1n) is 5.74. The Kier molecular flexibility index (Phi) is 3.01. The van der Waals surface area contributed by atoms with Gasteiger partial charge in [-0.15, -0.1) is 0 Å². The van der Waals surface area contributed by atoms with Crippen molar-refractivity contribution in [2.24, 2.45) is 0 Å². The average molecular weight is 428 g/mol. The molecule has 1 N–H and O–H groups in total. The van der Waals surface area contributed by atoms with Crippen LogP contribution >= 0.6 is 0 Å². The molecule has 0 saturated heterocycles. The Morgan fingerprint density at radius 1 is 1.16 bits per heavy atom. The summed E-state index contributed by atoms with van der Waals surface area (Å²) in [5, 5.41) is 5.21. The minimum absolute atomic E-state index is 0. The number of nitrogens with one attached hydrogen (secondary N) is 1. The number of furan rings is 1. The summed E-state index contributed by atoms with van der Waals surface area (Å²) >= 11 is 0. The van der Waals surface area contributed by atoms with Crippen LogP contribution in [0.5, 0.6) is 0 Å². The van der Waals surface area contributed by atoms with E-state index in [1.165, 1.54) is 0 Å². The molecule has 0 unspecified atom stereocenters. The summed E-state index contributed by atoms with van der Waals surface area (Å²) in [5.74, 6) is 0.796. The van der Waals surface area contributed by atoms with Crippen LogP contribution in [0.2, 0.25) is 0 Å². The normalized spacial score (nSPS) is 13.8. The van der Waals surface area contributed by atoms with E-state index < -0.39 is 0 Å². The molecule has 19 heavy (non-hydrogen) atoms. The number of hydrogen-bond donors (Lipinski definition) is 1. The molecule has 3 aromatic rings. The number of rotatable bonds is 1. The van der Waals surface area contributed by atoms with Crippen LogP contribution in [-0.4, -0.2) is 4.98 Å². The van der Waals surface area contributed by atoms with Gasteiger partial charge in [0.1, 0.15) is 11.4 Å². The molecule has 4 nitrogen and oxygen atoms in total. The zero-order chi connectivity index (χ0) is 11.9. The van der Waals surface area contributed by atoms with E-state index in [-0.39, 0.29) is 20.1 Å². The van der Waals surface area contributed by atoms with Crippen LogP contribution in [-0.2, 0) is 20.1 Å². The second-order valence-electron chi connectivity index (χ2n) is 4.13. The van der Waals surface area contributed by atoms with Gasteiger partial charge < -0.3 is 14.6 Å². The van der Waals surface area contributed by atoms with Gasteiger partial charge in [-0.1, -0.05) is 18.2 Å². The Morgan fingerprint density at radius 2 is 2.05 bits per heavy atom. The number of para-hydroxylation sites is 1. The minimum atomic E-state index is 0. The van der Waals surface area contributed by atoms with Crippen molar-refractivity contribution in [3.63, 3.8) is 0 Å². The van der Waals surface area contributed by atoms with Crippen molar-refractivity contribution < 1.29 is 24.5 Å². The van der Waals surface area contributed by atoms with Crippen LogP contribution in [0.15, 0.2) is 53.3 Å². The monoisotopic (exact) mass is 429 g/mol. The van der Waals surface area contributed by atoms with Crippen molar-refractivity contribution in [3.8, 4) is 0 Å². The Hall–Kier alpha value is -1.84. The number of fused-ring (bicyclic) bond motifs is 3. The molecule has 1 aliphatic heterocycles. The summed E-state index contributed by atoms with van der Waals surface area (Å²) in [4.78, 5) is 6.30. The number of anilines is 1. The third kappa shape index (κ3) is 1.82. The van der Waals surface area contributed by atoms with Gasteiger partial charge in [-0.25, -0.2) is 4.98 Å². The SMILES string of the molecule is C1=CN(c2nccc3c2oc2ccccc23)[CH-]N1.[Ir]. The Bertz CT molecular complexity index is 766. The average Bonchev–Trinajstić information content (AvgIpc) is 3.05.